The van der Waals surface area contributed by atoms with Crippen molar-refractivity contribution in [1.29, 1.82) is 0 Å². The highest BCUT2D eigenvalue weighted by Crippen LogP contribution is 2.26. The predicted molar refractivity (Wildman–Crippen MR) is 252 cm³/mol. The minimum Gasteiger partial charge on any atom is -0.462 e. The van der Waals surface area contributed by atoms with Gasteiger partial charge in [0.2, 0.25) is 0 Å². The van der Waals surface area contributed by atoms with E-state index in [1.54, 1.807) is 0 Å². The van der Waals surface area contributed by atoms with Crippen LogP contribution in [0.2, 0.25) is 0 Å². The van der Waals surface area contributed by atoms with Crippen LogP contribution in [0, 0.1) is 0 Å². The van der Waals surface area contributed by atoms with Gasteiger partial charge < -0.3 is 64.2 Å². The van der Waals surface area contributed by atoms with E-state index in [0.717, 1.165) is 77.0 Å². The highest BCUT2D eigenvalue weighted by Gasteiger charge is 2.47. The first-order valence-corrected chi connectivity index (χ1v) is 23.8. The Kier molecular flexibility index (Phi) is 33.2. The fraction of sp³-hybridized carbons (Fsp3) is 0.647. The zero-order valence-corrected chi connectivity index (χ0v) is 39.1. The Labute approximate surface area is 392 Å². The smallest absolute Gasteiger partial charge is 0.306 e. The fourth-order valence-electron chi connectivity index (χ4n) is 6.67. The van der Waals surface area contributed by atoms with Crippen LogP contribution in [0.1, 0.15) is 117 Å². The summed E-state index contributed by atoms with van der Waals surface area (Å²) in [7, 11) is 0. The summed E-state index contributed by atoms with van der Waals surface area (Å²) in [5.41, 5.74) is 0. The van der Waals surface area contributed by atoms with E-state index in [9.17, 15) is 45.3 Å². The summed E-state index contributed by atoms with van der Waals surface area (Å²) in [6, 6.07) is 0. The molecule has 15 nitrogen and oxygen atoms in total. The average Bonchev–Trinajstić information content (AvgIpc) is 3.31. The second kappa shape index (κ2) is 37.4. The van der Waals surface area contributed by atoms with Gasteiger partial charge in [0.05, 0.1) is 19.8 Å². The lowest BCUT2D eigenvalue weighted by Gasteiger charge is -2.42. The number of aliphatic hydroxyl groups is 7. The minimum atomic E-state index is -1.78. The SMILES string of the molecule is CC/C=C\C/C=C\C/C=C\C/C=C\CCCCC(=O)OCC(CO[C@@H]1OC(CO[C@H]2OC(CO)[C@H](O)C(O)C2O)[C@H](O)C(O)C1O)OC(=O)CCCC/C=C\C/C=C\C/C=C\C/C=C\CC. The van der Waals surface area contributed by atoms with Crippen LogP contribution in [0.25, 0.3) is 0 Å². The van der Waals surface area contributed by atoms with Crippen LogP contribution in [0.3, 0.4) is 0 Å². The van der Waals surface area contributed by atoms with Crippen molar-refractivity contribution in [2.45, 2.75) is 184 Å². The molecular formula is C51H80O15. The van der Waals surface area contributed by atoms with Crippen LogP contribution < -0.4 is 0 Å². The van der Waals surface area contributed by atoms with Crippen LogP contribution in [0.4, 0.5) is 0 Å². The third-order valence-corrected chi connectivity index (χ3v) is 10.6. The van der Waals surface area contributed by atoms with Crippen molar-refractivity contribution in [3.8, 4) is 0 Å². The molecule has 0 radical (unpaired) electrons. The van der Waals surface area contributed by atoms with Gasteiger partial charge in [0.15, 0.2) is 18.7 Å². The molecule has 0 aromatic heterocycles. The third kappa shape index (κ3) is 25.5. The first kappa shape index (κ1) is 58.5. The predicted octanol–water partition coefficient (Wildman–Crippen LogP) is 5.81. The van der Waals surface area contributed by atoms with Crippen molar-refractivity contribution in [2.75, 3.05) is 26.4 Å². The van der Waals surface area contributed by atoms with E-state index < -0.39 is 99.3 Å². The molecular weight excluding hydrogens is 853 g/mol. The molecule has 2 fully saturated rings. The van der Waals surface area contributed by atoms with Gasteiger partial charge in [-0.15, -0.1) is 0 Å². The van der Waals surface area contributed by atoms with E-state index in [2.05, 4.69) is 111 Å². The number of rotatable bonds is 34. The van der Waals surface area contributed by atoms with Gasteiger partial charge in [-0.2, -0.15) is 0 Å². The molecule has 2 saturated heterocycles. The van der Waals surface area contributed by atoms with Crippen LogP contribution in [0.15, 0.2) is 97.2 Å². The summed E-state index contributed by atoms with van der Waals surface area (Å²) in [6.07, 6.45) is 28.8. The molecule has 0 aliphatic carbocycles. The van der Waals surface area contributed by atoms with Gasteiger partial charge in [0.25, 0.3) is 0 Å². The standard InChI is InChI=1S/C51H80O15/c1-3-5-7-9-11-13-15-17-19-21-23-25-27-29-31-33-42(53)61-36-39(64-43(54)34-32-30-28-26-24-22-20-18-16-14-12-10-8-6-4-2)37-62-50-49(60)47(58)45(56)41(66-50)38-63-51-48(59)46(57)44(55)40(35-52)65-51/h5-8,11-14,17-20,23-26,39-41,44-52,55-60H,3-4,9-10,15-16,21-22,27-38H2,1-2H3/b7-5-,8-6-,13-11-,14-12-,19-17-,20-18-,25-23-,26-24-/t39?,40?,41?,44-,45-,46?,47?,48?,49?,50+,51-/m0/s1. The Morgan fingerprint density at radius 1 is 0.485 bits per heavy atom. The molecule has 0 saturated carbocycles. The van der Waals surface area contributed by atoms with Crippen molar-refractivity contribution in [1.82, 2.24) is 0 Å². The number of carbonyl (C=O) groups is 2. The quantitative estimate of drug-likeness (QED) is 0.0229. The zero-order valence-electron chi connectivity index (χ0n) is 39.1. The van der Waals surface area contributed by atoms with E-state index in [-0.39, 0.29) is 19.4 Å². The molecule has 2 rings (SSSR count). The molecule has 0 aromatic rings. The normalized spacial score (nSPS) is 27.0. The monoisotopic (exact) mass is 933 g/mol. The molecule has 2 aliphatic rings. The molecule has 7 unspecified atom stereocenters. The average molecular weight is 933 g/mol. The summed E-state index contributed by atoms with van der Waals surface area (Å²) < 4.78 is 33.4. The number of ether oxygens (including phenoxy) is 6. The second-order valence-electron chi connectivity index (χ2n) is 16.2. The fourth-order valence-corrected chi connectivity index (χ4v) is 6.67. The van der Waals surface area contributed by atoms with Gasteiger partial charge in [0.1, 0.15) is 55.4 Å². The maximum atomic E-state index is 13.0. The van der Waals surface area contributed by atoms with Gasteiger partial charge in [-0.1, -0.05) is 111 Å². The van der Waals surface area contributed by atoms with Crippen LogP contribution >= 0.6 is 0 Å². The summed E-state index contributed by atoms with van der Waals surface area (Å²) in [6.45, 7) is 2.23. The lowest BCUT2D eigenvalue weighted by atomic mass is 9.98. The van der Waals surface area contributed by atoms with Crippen molar-refractivity contribution >= 4 is 11.9 Å². The van der Waals surface area contributed by atoms with Crippen molar-refractivity contribution in [2.24, 2.45) is 0 Å². The molecule has 2 heterocycles. The molecule has 374 valence electrons. The third-order valence-electron chi connectivity index (χ3n) is 10.6. The maximum absolute atomic E-state index is 13.0. The molecule has 66 heavy (non-hydrogen) atoms. The summed E-state index contributed by atoms with van der Waals surface area (Å²) in [5, 5.41) is 72.0. The highest BCUT2D eigenvalue weighted by atomic mass is 16.7. The number of hydrogen-bond donors (Lipinski definition) is 7. The Morgan fingerprint density at radius 2 is 0.894 bits per heavy atom. The van der Waals surface area contributed by atoms with Crippen molar-refractivity contribution in [3.63, 3.8) is 0 Å². The number of unbranched alkanes of at least 4 members (excludes halogenated alkanes) is 4. The number of allylic oxidation sites excluding steroid dienone is 16. The van der Waals surface area contributed by atoms with E-state index >= 15 is 0 Å². The summed E-state index contributed by atoms with van der Waals surface area (Å²) in [4.78, 5) is 25.7. The van der Waals surface area contributed by atoms with Gasteiger partial charge in [-0.25, -0.2) is 0 Å². The molecule has 11 atom stereocenters. The Balaban J connectivity index is 1.88. The van der Waals surface area contributed by atoms with Gasteiger partial charge >= 0.3 is 11.9 Å². The molecule has 0 bridgehead atoms. The number of esters is 2. The van der Waals surface area contributed by atoms with E-state index in [1.165, 1.54) is 0 Å². The highest BCUT2D eigenvalue weighted by molar-refractivity contribution is 5.70. The number of aliphatic hydroxyl groups excluding tert-OH is 7. The van der Waals surface area contributed by atoms with Crippen LogP contribution in [-0.4, -0.2) is 142 Å². The molecule has 15 heteroatoms. The lowest BCUT2D eigenvalue weighted by molar-refractivity contribution is -0.332. The van der Waals surface area contributed by atoms with Crippen molar-refractivity contribution < 1.29 is 73.8 Å². The molecule has 0 amide bonds. The number of hydrogen-bond acceptors (Lipinski definition) is 15. The Morgan fingerprint density at radius 3 is 1.36 bits per heavy atom. The lowest BCUT2D eigenvalue weighted by Crippen LogP contribution is -2.61. The van der Waals surface area contributed by atoms with Gasteiger partial charge in [-0.3, -0.25) is 9.59 Å². The minimum absolute atomic E-state index is 0.0973. The molecule has 7 N–H and O–H groups in total. The first-order valence-electron chi connectivity index (χ1n) is 23.8. The zero-order chi connectivity index (χ0) is 48.2. The van der Waals surface area contributed by atoms with Gasteiger partial charge in [0, 0.05) is 12.8 Å². The Bertz CT molecular complexity index is 1520. The molecule has 2 aliphatic heterocycles. The molecule has 0 aromatic carbocycles. The van der Waals surface area contributed by atoms with E-state index in [0.29, 0.717) is 12.8 Å². The van der Waals surface area contributed by atoms with Crippen LogP contribution in [-0.2, 0) is 38.0 Å². The van der Waals surface area contributed by atoms with Gasteiger partial charge in [-0.05, 0) is 89.9 Å². The molecule has 0 spiro atoms. The van der Waals surface area contributed by atoms with E-state index in [1.807, 2.05) is 0 Å². The summed E-state index contributed by atoms with van der Waals surface area (Å²) >= 11 is 0. The first-order chi connectivity index (χ1) is 32.0. The summed E-state index contributed by atoms with van der Waals surface area (Å²) in [5.74, 6) is -1.04. The second-order valence-corrected chi connectivity index (χ2v) is 16.2. The Hall–Kier alpha value is -3.58. The van der Waals surface area contributed by atoms with E-state index in [4.69, 9.17) is 28.4 Å². The maximum Gasteiger partial charge on any atom is 0.306 e. The van der Waals surface area contributed by atoms with Crippen molar-refractivity contribution in [3.05, 3.63) is 97.2 Å². The topological polar surface area (TPSA) is 231 Å². The number of carbonyl (C=O) groups excluding carboxylic acids is 2. The largest absolute Gasteiger partial charge is 0.462 e. The van der Waals surface area contributed by atoms with Crippen LogP contribution in [0.5, 0.6) is 0 Å².